The summed E-state index contributed by atoms with van der Waals surface area (Å²) in [5.41, 5.74) is 1.10. The number of aryl methyl sites for hydroxylation is 1. The number of carbonyl (C=O) groups is 1. The van der Waals surface area contributed by atoms with Gasteiger partial charge in [0.1, 0.15) is 5.82 Å². The number of fused-ring (bicyclic) bond motifs is 1. The Labute approximate surface area is 206 Å². The third-order valence-electron chi connectivity index (χ3n) is 4.86. The Morgan fingerprint density at radius 3 is 2.65 bits per heavy atom. The summed E-state index contributed by atoms with van der Waals surface area (Å²) in [5.74, 6) is 1.02. The lowest BCUT2D eigenvalue weighted by atomic mass is 10.2. The van der Waals surface area contributed by atoms with Crippen LogP contribution >= 0.6 is 15.9 Å². The Hall–Kier alpha value is -3.20. The van der Waals surface area contributed by atoms with Crippen molar-refractivity contribution >= 4 is 39.0 Å². The molecule has 2 aromatic carbocycles. The van der Waals surface area contributed by atoms with Crippen LogP contribution in [0.25, 0.3) is 10.9 Å². The van der Waals surface area contributed by atoms with Gasteiger partial charge in [0.2, 0.25) is 0 Å². The van der Waals surface area contributed by atoms with Crippen LogP contribution in [-0.4, -0.2) is 41.2 Å². The van der Waals surface area contributed by atoms with Gasteiger partial charge in [0.05, 0.1) is 30.3 Å². The molecule has 1 heterocycles. The van der Waals surface area contributed by atoms with E-state index in [1.807, 2.05) is 26.0 Å². The number of carbonyl (C=O) groups excluding carboxylic acids is 1. The molecule has 0 saturated heterocycles. The fourth-order valence-corrected chi connectivity index (χ4v) is 3.65. The number of rotatable bonds is 10. The van der Waals surface area contributed by atoms with Gasteiger partial charge >= 0.3 is 5.97 Å². The van der Waals surface area contributed by atoms with Crippen molar-refractivity contribution in [1.29, 1.82) is 0 Å². The molecule has 1 atom stereocenters. The molecule has 0 aliphatic rings. The lowest BCUT2D eigenvalue weighted by Gasteiger charge is -2.16. The first-order valence-corrected chi connectivity index (χ1v) is 12.0. The van der Waals surface area contributed by atoms with Gasteiger partial charge < -0.3 is 14.2 Å². The van der Waals surface area contributed by atoms with Gasteiger partial charge in [0, 0.05) is 10.9 Å². The molecule has 8 nitrogen and oxygen atoms in total. The number of nitrogens with zero attached hydrogens (tertiary/aromatic N) is 3. The molecule has 0 saturated carbocycles. The maximum atomic E-state index is 13.2. The molecular formula is C25H28BrN3O5. The van der Waals surface area contributed by atoms with Crippen LogP contribution in [0.3, 0.4) is 0 Å². The number of ether oxygens (including phenoxy) is 3. The van der Waals surface area contributed by atoms with Crippen LogP contribution in [0.1, 0.15) is 45.5 Å². The van der Waals surface area contributed by atoms with Crippen molar-refractivity contribution in [3.8, 4) is 11.5 Å². The van der Waals surface area contributed by atoms with Gasteiger partial charge in [-0.1, -0.05) is 22.9 Å². The van der Waals surface area contributed by atoms with Gasteiger partial charge in [0.25, 0.3) is 5.56 Å². The second kappa shape index (κ2) is 11.8. The third-order valence-corrected chi connectivity index (χ3v) is 5.35. The molecule has 0 unspecified atom stereocenters. The van der Waals surface area contributed by atoms with Crippen molar-refractivity contribution in [1.82, 2.24) is 9.66 Å². The van der Waals surface area contributed by atoms with Crippen molar-refractivity contribution in [3.63, 3.8) is 0 Å². The monoisotopic (exact) mass is 529 g/mol. The van der Waals surface area contributed by atoms with Crippen LogP contribution in [-0.2, 0) is 16.0 Å². The summed E-state index contributed by atoms with van der Waals surface area (Å²) in [6.45, 7) is 7.93. The van der Waals surface area contributed by atoms with Crippen molar-refractivity contribution in [2.75, 3.05) is 13.2 Å². The van der Waals surface area contributed by atoms with Gasteiger partial charge in [-0.25, -0.2) is 9.78 Å². The fourth-order valence-electron chi connectivity index (χ4n) is 3.29. The maximum absolute atomic E-state index is 13.2. The normalized spacial score (nSPS) is 12.1. The van der Waals surface area contributed by atoms with E-state index in [4.69, 9.17) is 14.2 Å². The third kappa shape index (κ3) is 6.02. The Balaban J connectivity index is 1.96. The van der Waals surface area contributed by atoms with Gasteiger partial charge in [-0.15, -0.1) is 0 Å². The van der Waals surface area contributed by atoms with Gasteiger partial charge in [0.15, 0.2) is 17.6 Å². The van der Waals surface area contributed by atoms with E-state index in [-0.39, 0.29) is 12.2 Å². The smallest absolute Gasteiger partial charge is 0.347 e. The Morgan fingerprint density at radius 2 is 1.94 bits per heavy atom. The van der Waals surface area contributed by atoms with Gasteiger partial charge in [-0.2, -0.15) is 9.78 Å². The summed E-state index contributed by atoms with van der Waals surface area (Å²) in [4.78, 5) is 29.7. The second-order valence-corrected chi connectivity index (χ2v) is 8.37. The molecule has 0 amide bonds. The molecule has 3 rings (SSSR count). The predicted octanol–water partition coefficient (Wildman–Crippen LogP) is 4.72. The second-order valence-electron chi connectivity index (χ2n) is 7.45. The number of benzene rings is 2. The van der Waals surface area contributed by atoms with Gasteiger partial charge in [-0.05, 0) is 69.2 Å². The van der Waals surface area contributed by atoms with E-state index in [0.29, 0.717) is 46.8 Å². The minimum Gasteiger partial charge on any atom is -0.490 e. The van der Waals surface area contributed by atoms with E-state index in [1.165, 1.54) is 4.68 Å². The first-order chi connectivity index (χ1) is 16.4. The molecule has 0 fully saturated rings. The van der Waals surface area contributed by atoms with Crippen LogP contribution in [0, 0.1) is 0 Å². The lowest BCUT2D eigenvalue weighted by molar-refractivity contribution is -0.150. The van der Waals surface area contributed by atoms with Crippen LogP contribution < -0.4 is 15.0 Å². The van der Waals surface area contributed by atoms with E-state index < -0.39 is 12.1 Å². The summed E-state index contributed by atoms with van der Waals surface area (Å²) >= 11 is 3.41. The Kier molecular flexibility index (Phi) is 8.81. The van der Waals surface area contributed by atoms with Crippen molar-refractivity contribution in [3.05, 3.63) is 62.6 Å². The molecule has 34 heavy (non-hydrogen) atoms. The molecule has 0 radical (unpaired) electrons. The Bertz CT molecular complexity index is 1260. The zero-order valence-corrected chi connectivity index (χ0v) is 21.3. The van der Waals surface area contributed by atoms with Crippen molar-refractivity contribution < 1.29 is 19.0 Å². The molecule has 0 spiro atoms. The van der Waals surface area contributed by atoms with Crippen LogP contribution in [0.15, 0.2) is 50.8 Å². The molecular weight excluding hydrogens is 502 g/mol. The molecule has 1 aromatic heterocycles. The summed E-state index contributed by atoms with van der Waals surface area (Å²) < 4.78 is 18.6. The van der Waals surface area contributed by atoms with Crippen LogP contribution in [0.5, 0.6) is 11.5 Å². The summed E-state index contributed by atoms with van der Waals surface area (Å²) in [6.07, 6.45) is 2.23. The SMILES string of the molecule is CCCc1nc2ccc(Br)cc2c(=O)n1N=Cc1ccc(O[C@H](C)C(=O)OCC)c(OCC)c1. The molecule has 3 aromatic rings. The predicted molar refractivity (Wildman–Crippen MR) is 135 cm³/mol. The topological polar surface area (TPSA) is 92.0 Å². The molecule has 180 valence electrons. The van der Waals surface area contributed by atoms with Crippen molar-refractivity contribution in [2.24, 2.45) is 5.10 Å². The molecule has 0 aliphatic carbocycles. The fraction of sp³-hybridized carbons (Fsp3) is 0.360. The number of hydrogen-bond acceptors (Lipinski definition) is 7. The number of esters is 1. The van der Waals surface area contributed by atoms with E-state index in [9.17, 15) is 9.59 Å². The standard InChI is InChI=1S/C25H28BrN3O5/c1-5-8-23-28-20-11-10-18(26)14-19(20)24(30)29(23)27-15-17-9-12-21(22(13-17)32-6-2)34-16(4)25(31)33-7-3/h9-16H,5-8H2,1-4H3/t16-/m1/s1. The van der Waals surface area contributed by atoms with E-state index in [0.717, 1.165) is 10.9 Å². The molecule has 0 aliphatic heterocycles. The highest BCUT2D eigenvalue weighted by molar-refractivity contribution is 9.10. The van der Waals surface area contributed by atoms with Crippen LogP contribution in [0.2, 0.25) is 0 Å². The summed E-state index contributed by atoms with van der Waals surface area (Å²) in [6, 6.07) is 10.6. The number of aromatic nitrogens is 2. The summed E-state index contributed by atoms with van der Waals surface area (Å²) in [7, 11) is 0. The van der Waals surface area contributed by atoms with Crippen LogP contribution in [0.4, 0.5) is 0 Å². The quantitative estimate of drug-likeness (QED) is 0.278. The Morgan fingerprint density at radius 1 is 1.15 bits per heavy atom. The summed E-state index contributed by atoms with van der Waals surface area (Å²) in [5, 5.41) is 4.93. The average molecular weight is 530 g/mol. The largest absolute Gasteiger partial charge is 0.490 e. The van der Waals surface area contributed by atoms with E-state index >= 15 is 0 Å². The minimum absolute atomic E-state index is 0.237. The zero-order valence-electron chi connectivity index (χ0n) is 19.7. The first-order valence-electron chi connectivity index (χ1n) is 11.2. The number of hydrogen-bond donors (Lipinski definition) is 0. The van der Waals surface area contributed by atoms with E-state index in [1.54, 1.807) is 44.3 Å². The number of halogens is 1. The van der Waals surface area contributed by atoms with Gasteiger partial charge in [-0.3, -0.25) is 4.79 Å². The highest BCUT2D eigenvalue weighted by atomic mass is 79.9. The van der Waals surface area contributed by atoms with E-state index in [2.05, 4.69) is 26.0 Å². The zero-order chi connectivity index (χ0) is 24.7. The molecule has 0 bridgehead atoms. The highest BCUT2D eigenvalue weighted by Gasteiger charge is 2.18. The highest BCUT2D eigenvalue weighted by Crippen LogP contribution is 2.29. The molecule has 0 N–H and O–H groups in total. The lowest BCUT2D eigenvalue weighted by Crippen LogP contribution is -2.26. The van der Waals surface area contributed by atoms with Crippen molar-refractivity contribution in [2.45, 2.75) is 46.6 Å². The average Bonchev–Trinajstić information content (AvgIpc) is 2.81. The molecule has 9 heteroatoms. The first kappa shape index (κ1) is 25.4. The minimum atomic E-state index is -0.781. The maximum Gasteiger partial charge on any atom is 0.347 e.